The van der Waals surface area contributed by atoms with Gasteiger partial charge < -0.3 is 10.4 Å². The highest BCUT2D eigenvalue weighted by Gasteiger charge is 2.26. The number of carbonyl (C=O) groups excluding carboxylic acids is 1. The zero-order valence-electron chi connectivity index (χ0n) is 13.0. The largest absolute Gasteiger partial charge is 0.480 e. The van der Waals surface area contributed by atoms with Crippen molar-refractivity contribution in [3.8, 4) is 0 Å². The Hall–Kier alpha value is -1.84. The van der Waals surface area contributed by atoms with E-state index in [0.29, 0.717) is 12.8 Å². The summed E-state index contributed by atoms with van der Waals surface area (Å²) in [7, 11) is 0. The summed E-state index contributed by atoms with van der Waals surface area (Å²) in [5.74, 6) is -1.24. The quantitative estimate of drug-likeness (QED) is 0.773. The first kappa shape index (κ1) is 17.2. The summed E-state index contributed by atoms with van der Waals surface area (Å²) < 4.78 is 0. The first-order valence-corrected chi connectivity index (χ1v) is 7.53. The summed E-state index contributed by atoms with van der Waals surface area (Å²) in [6.45, 7) is 5.91. The third-order valence-corrected chi connectivity index (χ3v) is 3.42. The van der Waals surface area contributed by atoms with Crippen molar-refractivity contribution >= 4 is 11.9 Å². The van der Waals surface area contributed by atoms with Gasteiger partial charge in [-0.15, -0.1) is 0 Å². The highest BCUT2D eigenvalue weighted by molar-refractivity contribution is 5.88. The number of hydrogen-bond acceptors (Lipinski definition) is 2. The van der Waals surface area contributed by atoms with Crippen LogP contribution >= 0.6 is 0 Å². The van der Waals surface area contributed by atoms with Crippen LogP contribution in [0.1, 0.15) is 51.5 Å². The molecule has 4 heteroatoms. The Morgan fingerprint density at radius 3 is 2.29 bits per heavy atom. The summed E-state index contributed by atoms with van der Waals surface area (Å²) in [6, 6.07) is 8.71. The summed E-state index contributed by atoms with van der Waals surface area (Å²) in [4.78, 5) is 23.7. The maximum atomic E-state index is 12.5. The lowest BCUT2D eigenvalue weighted by Crippen LogP contribution is -2.43. The van der Waals surface area contributed by atoms with E-state index in [9.17, 15) is 14.7 Å². The third-order valence-electron chi connectivity index (χ3n) is 3.42. The minimum absolute atomic E-state index is 0.198. The van der Waals surface area contributed by atoms with E-state index >= 15 is 0 Å². The Labute approximate surface area is 126 Å². The van der Waals surface area contributed by atoms with Gasteiger partial charge in [-0.25, -0.2) is 4.79 Å². The molecule has 1 unspecified atom stereocenters. The van der Waals surface area contributed by atoms with Crippen LogP contribution in [0.5, 0.6) is 0 Å². The van der Waals surface area contributed by atoms with Gasteiger partial charge in [-0.3, -0.25) is 4.79 Å². The lowest BCUT2D eigenvalue weighted by molar-refractivity contribution is -0.142. The molecule has 4 nitrogen and oxygen atoms in total. The van der Waals surface area contributed by atoms with Gasteiger partial charge in [0.1, 0.15) is 6.04 Å². The van der Waals surface area contributed by atoms with E-state index in [0.717, 1.165) is 12.0 Å². The fraction of sp³-hybridized carbons (Fsp3) is 0.529. The average molecular weight is 291 g/mol. The van der Waals surface area contributed by atoms with Crippen LogP contribution in [-0.4, -0.2) is 23.0 Å². The zero-order chi connectivity index (χ0) is 15.8. The van der Waals surface area contributed by atoms with Crippen LogP contribution in [0.25, 0.3) is 0 Å². The minimum atomic E-state index is -0.972. The third kappa shape index (κ3) is 5.58. The van der Waals surface area contributed by atoms with E-state index in [-0.39, 0.29) is 17.7 Å². The fourth-order valence-electron chi connectivity index (χ4n) is 2.39. The highest BCUT2D eigenvalue weighted by atomic mass is 16.4. The molecule has 0 saturated heterocycles. The molecule has 21 heavy (non-hydrogen) atoms. The SMILES string of the molecule is CCCC(C(=O)N[C@H](CC(C)C)C(=O)O)c1ccccc1. The molecule has 0 spiro atoms. The van der Waals surface area contributed by atoms with Crippen molar-refractivity contribution in [3.05, 3.63) is 35.9 Å². The lowest BCUT2D eigenvalue weighted by atomic mass is 9.93. The van der Waals surface area contributed by atoms with Crippen LogP contribution in [-0.2, 0) is 9.59 Å². The summed E-state index contributed by atoms with van der Waals surface area (Å²) >= 11 is 0. The van der Waals surface area contributed by atoms with E-state index in [1.54, 1.807) is 0 Å². The fourth-order valence-corrected chi connectivity index (χ4v) is 2.39. The number of benzene rings is 1. The second-order valence-corrected chi connectivity index (χ2v) is 5.78. The molecule has 0 fully saturated rings. The van der Waals surface area contributed by atoms with Gasteiger partial charge in [-0.2, -0.15) is 0 Å². The number of rotatable bonds is 8. The number of nitrogens with one attached hydrogen (secondary N) is 1. The summed E-state index contributed by atoms with van der Waals surface area (Å²) in [6.07, 6.45) is 2.02. The predicted octanol–water partition coefficient (Wildman–Crippen LogP) is 3.19. The maximum Gasteiger partial charge on any atom is 0.326 e. The van der Waals surface area contributed by atoms with Crippen LogP contribution in [0, 0.1) is 5.92 Å². The molecule has 0 heterocycles. The number of hydrogen-bond donors (Lipinski definition) is 2. The smallest absolute Gasteiger partial charge is 0.326 e. The zero-order valence-corrected chi connectivity index (χ0v) is 13.0. The van der Waals surface area contributed by atoms with Gasteiger partial charge >= 0.3 is 5.97 Å². The van der Waals surface area contributed by atoms with Gasteiger partial charge in [0.25, 0.3) is 0 Å². The van der Waals surface area contributed by atoms with Crippen LogP contribution in [0.3, 0.4) is 0 Å². The van der Waals surface area contributed by atoms with Gasteiger partial charge in [0.2, 0.25) is 5.91 Å². The summed E-state index contributed by atoms with van der Waals surface area (Å²) in [5, 5.41) is 11.9. The van der Waals surface area contributed by atoms with Crippen LogP contribution < -0.4 is 5.32 Å². The van der Waals surface area contributed by atoms with E-state index in [1.807, 2.05) is 51.1 Å². The molecule has 1 aromatic rings. The minimum Gasteiger partial charge on any atom is -0.480 e. The van der Waals surface area contributed by atoms with Gasteiger partial charge in [0.15, 0.2) is 0 Å². The van der Waals surface area contributed by atoms with E-state index in [4.69, 9.17) is 0 Å². The maximum absolute atomic E-state index is 12.5. The van der Waals surface area contributed by atoms with Crippen molar-refractivity contribution in [2.24, 2.45) is 5.92 Å². The van der Waals surface area contributed by atoms with Crippen molar-refractivity contribution in [1.29, 1.82) is 0 Å². The lowest BCUT2D eigenvalue weighted by Gasteiger charge is -2.21. The van der Waals surface area contributed by atoms with Crippen LogP contribution in [0.2, 0.25) is 0 Å². The second-order valence-electron chi connectivity index (χ2n) is 5.78. The normalized spacial score (nSPS) is 13.7. The Kier molecular flexibility index (Phi) is 6.92. The number of carbonyl (C=O) groups is 2. The molecule has 0 aliphatic heterocycles. The number of amides is 1. The molecule has 1 rings (SSSR count). The molecule has 0 bridgehead atoms. The first-order valence-electron chi connectivity index (χ1n) is 7.53. The highest BCUT2D eigenvalue weighted by Crippen LogP contribution is 2.22. The average Bonchev–Trinajstić information content (AvgIpc) is 2.44. The van der Waals surface area contributed by atoms with Crippen molar-refractivity contribution in [3.63, 3.8) is 0 Å². The van der Waals surface area contributed by atoms with Crippen molar-refractivity contribution in [2.75, 3.05) is 0 Å². The van der Waals surface area contributed by atoms with Crippen LogP contribution in [0.15, 0.2) is 30.3 Å². The molecule has 1 amide bonds. The molecular weight excluding hydrogens is 266 g/mol. The standard InChI is InChI=1S/C17H25NO3/c1-4-8-14(13-9-6-5-7-10-13)16(19)18-15(17(20)21)11-12(2)3/h5-7,9-10,12,14-15H,4,8,11H2,1-3H3,(H,18,19)(H,20,21)/t14?,15-/m1/s1. The number of aliphatic carboxylic acids is 1. The molecule has 0 aliphatic carbocycles. The van der Waals surface area contributed by atoms with E-state index < -0.39 is 12.0 Å². The molecule has 0 saturated carbocycles. The van der Waals surface area contributed by atoms with Gasteiger partial charge in [0.05, 0.1) is 5.92 Å². The van der Waals surface area contributed by atoms with Gasteiger partial charge in [-0.05, 0) is 24.3 Å². The molecule has 2 N–H and O–H groups in total. The molecule has 0 radical (unpaired) electrons. The topological polar surface area (TPSA) is 66.4 Å². The second kappa shape index (κ2) is 8.45. The first-order chi connectivity index (χ1) is 9.95. The van der Waals surface area contributed by atoms with Gasteiger partial charge in [-0.1, -0.05) is 57.5 Å². The molecule has 2 atom stereocenters. The monoisotopic (exact) mass is 291 g/mol. The molecule has 116 valence electrons. The van der Waals surface area contributed by atoms with Gasteiger partial charge in [0, 0.05) is 0 Å². The van der Waals surface area contributed by atoms with Crippen molar-refractivity contribution < 1.29 is 14.7 Å². The Morgan fingerprint density at radius 2 is 1.81 bits per heavy atom. The number of carboxylic acid groups (broad SMARTS) is 1. The Bertz CT molecular complexity index is 456. The molecule has 1 aromatic carbocycles. The summed E-state index contributed by atoms with van der Waals surface area (Å²) in [5.41, 5.74) is 0.936. The van der Waals surface area contributed by atoms with Crippen molar-refractivity contribution in [2.45, 2.75) is 52.0 Å². The van der Waals surface area contributed by atoms with E-state index in [1.165, 1.54) is 0 Å². The Morgan fingerprint density at radius 1 is 1.19 bits per heavy atom. The van der Waals surface area contributed by atoms with Crippen LogP contribution in [0.4, 0.5) is 0 Å². The predicted molar refractivity (Wildman–Crippen MR) is 83.1 cm³/mol. The van der Waals surface area contributed by atoms with E-state index in [2.05, 4.69) is 5.32 Å². The molecular formula is C17H25NO3. The molecule has 0 aromatic heterocycles. The van der Waals surface area contributed by atoms with Crippen molar-refractivity contribution in [1.82, 2.24) is 5.32 Å². The molecule has 0 aliphatic rings. The Balaban J connectivity index is 2.83. The number of carboxylic acids is 1.